The van der Waals surface area contributed by atoms with Gasteiger partial charge in [0.05, 0.1) is 23.6 Å². The lowest BCUT2D eigenvalue weighted by Gasteiger charge is -2.09. The number of carbonyl (C=O) groups is 1. The summed E-state index contributed by atoms with van der Waals surface area (Å²) in [7, 11) is 0. The van der Waals surface area contributed by atoms with Crippen molar-refractivity contribution in [3.05, 3.63) is 81.4 Å². The summed E-state index contributed by atoms with van der Waals surface area (Å²) in [4.78, 5) is 12.5. The molecule has 0 radical (unpaired) electrons. The van der Waals surface area contributed by atoms with Gasteiger partial charge in [-0.1, -0.05) is 35.4 Å². The van der Waals surface area contributed by atoms with Crippen LogP contribution in [0.4, 0.5) is 10.1 Å². The van der Waals surface area contributed by atoms with E-state index >= 15 is 0 Å². The van der Waals surface area contributed by atoms with E-state index in [2.05, 4.69) is 10.4 Å². The van der Waals surface area contributed by atoms with Crippen LogP contribution in [0.1, 0.15) is 32.9 Å². The van der Waals surface area contributed by atoms with Gasteiger partial charge in [0, 0.05) is 10.6 Å². The lowest BCUT2D eigenvalue weighted by molar-refractivity contribution is 0.102. The molecular weight excluding hydrogens is 353 g/mol. The summed E-state index contributed by atoms with van der Waals surface area (Å²) in [6.45, 7) is 6.05. The Morgan fingerprint density at radius 3 is 2.65 bits per heavy atom. The normalized spacial score (nSPS) is 10.8. The van der Waals surface area contributed by atoms with Crippen LogP contribution < -0.4 is 5.32 Å². The van der Waals surface area contributed by atoms with E-state index in [0.29, 0.717) is 28.5 Å². The molecule has 0 atom stereocenters. The van der Waals surface area contributed by atoms with Gasteiger partial charge in [-0.2, -0.15) is 5.10 Å². The van der Waals surface area contributed by atoms with Crippen molar-refractivity contribution in [2.75, 3.05) is 5.32 Å². The van der Waals surface area contributed by atoms with Crippen molar-refractivity contribution in [1.82, 2.24) is 9.78 Å². The molecule has 0 aliphatic carbocycles. The van der Waals surface area contributed by atoms with Gasteiger partial charge in [0.25, 0.3) is 5.91 Å². The quantitative estimate of drug-likeness (QED) is 0.708. The van der Waals surface area contributed by atoms with E-state index in [-0.39, 0.29) is 11.7 Å². The molecule has 26 heavy (non-hydrogen) atoms. The van der Waals surface area contributed by atoms with Crippen molar-refractivity contribution >= 4 is 23.2 Å². The SMILES string of the molecule is Cc1cccc(C(=O)Nc2c(C)nn(Cc3ccc(F)cc3Cl)c2C)c1. The van der Waals surface area contributed by atoms with Crippen molar-refractivity contribution < 1.29 is 9.18 Å². The maximum Gasteiger partial charge on any atom is 0.255 e. The highest BCUT2D eigenvalue weighted by molar-refractivity contribution is 6.31. The van der Waals surface area contributed by atoms with Crippen LogP contribution in [0.15, 0.2) is 42.5 Å². The van der Waals surface area contributed by atoms with E-state index in [4.69, 9.17) is 11.6 Å². The first-order valence-electron chi connectivity index (χ1n) is 8.21. The fourth-order valence-electron chi connectivity index (χ4n) is 2.82. The third-order valence-electron chi connectivity index (χ3n) is 4.24. The number of aromatic nitrogens is 2. The van der Waals surface area contributed by atoms with Gasteiger partial charge < -0.3 is 5.32 Å². The molecule has 0 bridgehead atoms. The Kier molecular flexibility index (Phi) is 5.09. The van der Waals surface area contributed by atoms with E-state index in [1.54, 1.807) is 16.8 Å². The standard InChI is InChI=1S/C20H19ClFN3O/c1-12-5-4-6-15(9-12)20(26)23-19-13(2)24-25(14(19)3)11-16-7-8-17(22)10-18(16)21/h4-10H,11H2,1-3H3,(H,23,26). The Balaban J connectivity index is 1.85. The number of carbonyl (C=O) groups excluding carboxylic acids is 1. The molecule has 0 aliphatic rings. The first-order chi connectivity index (χ1) is 12.3. The largest absolute Gasteiger partial charge is 0.319 e. The van der Waals surface area contributed by atoms with Gasteiger partial charge in [0.1, 0.15) is 5.82 Å². The highest BCUT2D eigenvalue weighted by Gasteiger charge is 2.16. The molecule has 1 amide bonds. The van der Waals surface area contributed by atoms with Crippen LogP contribution in [-0.2, 0) is 6.54 Å². The lowest BCUT2D eigenvalue weighted by Crippen LogP contribution is -2.13. The van der Waals surface area contributed by atoms with E-state index in [9.17, 15) is 9.18 Å². The molecule has 0 spiro atoms. The number of halogens is 2. The van der Waals surface area contributed by atoms with E-state index in [0.717, 1.165) is 16.8 Å². The summed E-state index contributed by atoms with van der Waals surface area (Å²) in [6.07, 6.45) is 0. The first kappa shape index (κ1) is 18.1. The second-order valence-electron chi connectivity index (χ2n) is 6.26. The number of hydrogen-bond acceptors (Lipinski definition) is 2. The number of amides is 1. The van der Waals surface area contributed by atoms with Gasteiger partial charge in [-0.3, -0.25) is 9.48 Å². The number of rotatable bonds is 4. The second-order valence-corrected chi connectivity index (χ2v) is 6.67. The zero-order valence-corrected chi connectivity index (χ0v) is 15.6. The maximum absolute atomic E-state index is 13.2. The van der Waals surface area contributed by atoms with Gasteiger partial charge in [-0.05, 0) is 50.6 Å². The molecule has 0 unspecified atom stereocenters. The molecule has 1 aromatic heterocycles. The van der Waals surface area contributed by atoms with E-state index < -0.39 is 0 Å². The average Bonchev–Trinajstić information content (AvgIpc) is 2.85. The van der Waals surface area contributed by atoms with Crippen molar-refractivity contribution in [2.45, 2.75) is 27.3 Å². The summed E-state index contributed by atoms with van der Waals surface area (Å²) >= 11 is 6.11. The molecule has 0 aliphatic heterocycles. The summed E-state index contributed by atoms with van der Waals surface area (Å²) in [5.74, 6) is -0.558. The predicted octanol–water partition coefficient (Wildman–Crippen LogP) is 4.90. The highest BCUT2D eigenvalue weighted by atomic mass is 35.5. The molecule has 6 heteroatoms. The van der Waals surface area contributed by atoms with Gasteiger partial charge >= 0.3 is 0 Å². The maximum atomic E-state index is 13.2. The zero-order chi connectivity index (χ0) is 18.8. The van der Waals surface area contributed by atoms with E-state index in [1.165, 1.54) is 12.1 Å². The van der Waals surface area contributed by atoms with Crippen LogP contribution in [-0.4, -0.2) is 15.7 Å². The summed E-state index contributed by atoms with van der Waals surface area (Å²) in [5, 5.41) is 7.77. The molecule has 3 aromatic rings. The first-order valence-corrected chi connectivity index (χ1v) is 8.59. The third-order valence-corrected chi connectivity index (χ3v) is 4.59. The fourth-order valence-corrected chi connectivity index (χ4v) is 3.04. The molecule has 1 N–H and O–H groups in total. The Hall–Kier alpha value is -2.66. The molecule has 3 rings (SSSR count). The molecule has 0 saturated heterocycles. The number of hydrogen-bond donors (Lipinski definition) is 1. The average molecular weight is 372 g/mol. The Morgan fingerprint density at radius 1 is 1.19 bits per heavy atom. The zero-order valence-electron chi connectivity index (χ0n) is 14.8. The van der Waals surface area contributed by atoms with Crippen molar-refractivity contribution in [3.8, 4) is 0 Å². The molecule has 2 aromatic carbocycles. The minimum absolute atomic E-state index is 0.181. The fraction of sp³-hybridized carbons (Fsp3) is 0.200. The third kappa shape index (κ3) is 3.78. The van der Waals surface area contributed by atoms with Crippen LogP contribution in [0.25, 0.3) is 0 Å². The summed E-state index contributed by atoms with van der Waals surface area (Å²) in [6, 6.07) is 11.7. The van der Waals surface area contributed by atoms with E-state index in [1.807, 2.05) is 39.0 Å². The molecule has 1 heterocycles. The van der Waals surface area contributed by atoms with Crippen LogP contribution in [0.3, 0.4) is 0 Å². The monoisotopic (exact) mass is 371 g/mol. The van der Waals surface area contributed by atoms with Crippen LogP contribution >= 0.6 is 11.6 Å². The minimum atomic E-state index is -0.377. The van der Waals surface area contributed by atoms with Gasteiger partial charge in [-0.15, -0.1) is 0 Å². The Bertz CT molecular complexity index is 981. The van der Waals surface area contributed by atoms with Crippen LogP contribution in [0, 0.1) is 26.6 Å². The van der Waals surface area contributed by atoms with Crippen LogP contribution in [0.5, 0.6) is 0 Å². The smallest absolute Gasteiger partial charge is 0.255 e. The Labute approximate surface area is 156 Å². The number of benzene rings is 2. The molecule has 4 nitrogen and oxygen atoms in total. The second kappa shape index (κ2) is 7.30. The summed E-state index contributed by atoms with van der Waals surface area (Å²) < 4.78 is 15.0. The number of nitrogens with zero attached hydrogens (tertiary/aromatic N) is 2. The van der Waals surface area contributed by atoms with Crippen molar-refractivity contribution in [3.63, 3.8) is 0 Å². The number of aryl methyl sites for hydroxylation is 2. The van der Waals surface area contributed by atoms with Crippen LogP contribution in [0.2, 0.25) is 5.02 Å². The molecule has 0 fully saturated rings. The number of anilines is 1. The molecule has 134 valence electrons. The molecular formula is C20H19ClFN3O. The van der Waals surface area contributed by atoms with Crippen molar-refractivity contribution in [1.29, 1.82) is 0 Å². The highest BCUT2D eigenvalue weighted by Crippen LogP contribution is 2.24. The van der Waals surface area contributed by atoms with Gasteiger partial charge in [-0.25, -0.2) is 4.39 Å². The Morgan fingerprint density at radius 2 is 1.96 bits per heavy atom. The van der Waals surface area contributed by atoms with Gasteiger partial charge in [0.2, 0.25) is 0 Å². The van der Waals surface area contributed by atoms with Crippen molar-refractivity contribution in [2.24, 2.45) is 0 Å². The lowest BCUT2D eigenvalue weighted by atomic mass is 10.1. The topological polar surface area (TPSA) is 46.9 Å². The predicted molar refractivity (Wildman–Crippen MR) is 101 cm³/mol. The minimum Gasteiger partial charge on any atom is -0.319 e. The van der Waals surface area contributed by atoms with Gasteiger partial charge in [0.15, 0.2) is 0 Å². The summed E-state index contributed by atoms with van der Waals surface area (Å²) in [5.41, 5.74) is 4.57. The molecule has 0 saturated carbocycles. The number of nitrogens with one attached hydrogen (secondary N) is 1.